The van der Waals surface area contributed by atoms with Crippen LogP contribution in [0.5, 0.6) is 5.88 Å². The maximum Gasteiger partial charge on any atom is 0.394 e. The first-order valence-corrected chi connectivity index (χ1v) is 15.3. The molecule has 0 radical (unpaired) electrons. The number of H-pyrrole nitrogens is 1. The highest BCUT2D eigenvalue weighted by Gasteiger charge is 2.21. The molecule has 0 saturated carbocycles. The van der Waals surface area contributed by atoms with Gasteiger partial charge in [-0.1, -0.05) is 36.4 Å². The van der Waals surface area contributed by atoms with Crippen molar-refractivity contribution < 1.29 is 42.4 Å². The van der Waals surface area contributed by atoms with E-state index >= 15 is 0 Å². The lowest BCUT2D eigenvalue weighted by molar-refractivity contribution is -0.119. The van der Waals surface area contributed by atoms with Gasteiger partial charge in [0.2, 0.25) is 5.91 Å². The number of hydrogen-bond donors (Lipinski definition) is 4. The number of benzene rings is 3. The molecule has 46 heavy (non-hydrogen) atoms. The Morgan fingerprint density at radius 1 is 0.957 bits per heavy atom. The quantitative estimate of drug-likeness (QED) is 0.130. The number of nitrogens with one attached hydrogen (secondary N) is 1. The maximum absolute atomic E-state index is 12.9. The Kier molecular flexibility index (Phi) is 12.1. The highest BCUT2D eigenvalue weighted by Crippen LogP contribution is 2.32. The summed E-state index contributed by atoms with van der Waals surface area (Å²) in [5.74, 6) is -0.465. The number of carbonyl (C=O) groups excluding carboxylic acids is 2. The van der Waals surface area contributed by atoms with Crippen LogP contribution >= 0.6 is 0 Å². The van der Waals surface area contributed by atoms with E-state index in [1.165, 1.54) is 7.11 Å². The molecule has 0 bridgehead atoms. The lowest BCUT2D eigenvalue weighted by Crippen LogP contribution is -2.48. The number of piperazine rings is 1. The summed E-state index contributed by atoms with van der Waals surface area (Å²) in [6, 6.07) is 22.2. The molecular formula is C31H37N5O9S. The number of nitrogens with zero attached hydrogens (tertiary/aromatic N) is 4. The zero-order chi connectivity index (χ0) is 32.7. The second-order valence-electron chi connectivity index (χ2n) is 10.4. The Morgan fingerprint density at radius 3 is 2.15 bits per heavy atom. The van der Waals surface area contributed by atoms with Crippen molar-refractivity contribution in [1.82, 2.24) is 14.8 Å². The summed E-state index contributed by atoms with van der Waals surface area (Å²) in [4.78, 5) is 39.0. The van der Waals surface area contributed by atoms with Crippen molar-refractivity contribution in [2.75, 3.05) is 58.8 Å². The molecule has 1 aliphatic rings. The predicted molar refractivity (Wildman–Crippen MR) is 175 cm³/mol. The van der Waals surface area contributed by atoms with Crippen LogP contribution in [0.2, 0.25) is 0 Å². The van der Waals surface area contributed by atoms with Crippen LogP contribution < -0.4 is 4.90 Å². The molecule has 1 amide bonds. The van der Waals surface area contributed by atoms with Crippen molar-refractivity contribution in [2.24, 2.45) is 4.99 Å². The van der Waals surface area contributed by atoms with E-state index in [0.717, 1.165) is 42.8 Å². The van der Waals surface area contributed by atoms with Gasteiger partial charge in [-0.2, -0.15) is 8.42 Å². The summed E-state index contributed by atoms with van der Waals surface area (Å²) < 4.78 is 36.4. The van der Waals surface area contributed by atoms with E-state index in [0.29, 0.717) is 34.6 Å². The molecule has 1 saturated heterocycles. The standard InChI is InChI=1S/C31H33N5O4.H2O4S.H2O/c1-34-15-17-36(18-16-34)20-27(37)35(2)24-12-10-23(11-13-24)32-29(21-7-5-4-6-8-21)28-25-14-9-22(31(39)40-3)19-26(25)33-30(28)38;1-5(2,3)4;/h4-14,19,33,38H,15-18,20H2,1-3H3;(H2,1,2,3,4);1H2. The summed E-state index contributed by atoms with van der Waals surface area (Å²) in [5.41, 5.74) is 4.34. The topological polar surface area (TPSA) is 208 Å². The number of aromatic nitrogens is 1. The molecule has 0 atom stereocenters. The minimum atomic E-state index is -4.67. The highest BCUT2D eigenvalue weighted by atomic mass is 32.3. The van der Waals surface area contributed by atoms with Gasteiger partial charge < -0.3 is 30.1 Å². The van der Waals surface area contributed by atoms with Crippen LogP contribution in [0.1, 0.15) is 21.5 Å². The van der Waals surface area contributed by atoms with Crippen molar-refractivity contribution in [3.63, 3.8) is 0 Å². The fourth-order valence-corrected chi connectivity index (χ4v) is 4.86. The fourth-order valence-electron chi connectivity index (χ4n) is 4.86. The molecule has 15 heteroatoms. The average Bonchev–Trinajstić information content (AvgIpc) is 3.34. The van der Waals surface area contributed by atoms with E-state index < -0.39 is 16.4 Å². The third kappa shape index (κ3) is 9.43. The van der Waals surface area contributed by atoms with E-state index in [9.17, 15) is 14.7 Å². The van der Waals surface area contributed by atoms with Crippen LogP contribution in [-0.4, -0.2) is 114 Å². The highest BCUT2D eigenvalue weighted by molar-refractivity contribution is 7.79. The number of hydrogen-bond acceptors (Lipinski definition) is 9. The first-order valence-electron chi connectivity index (χ1n) is 13.9. The van der Waals surface area contributed by atoms with E-state index in [2.05, 4.69) is 21.8 Å². The molecule has 14 nitrogen and oxygen atoms in total. The maximum atomic E-state index is 12.9. The smallest absolute Gasteiger partial charge is 0.394 e. The van der Waals surface area contributed by atoms with Gasteiger partial charge >= 0.3 is 16.4 Å². The van der Waals surface area contributed by atoms with Gasteiger partial charge in [0.1, 0.15) is 0 Å². The predicted octanol–water partition coefficient (Wildman–Crippen LogP) is 2.56. The van der Waals surface area contributed by atoms with E-state index in [1.807, 2.05) is 54.6 Å². The Balaban J connectivity index is 0.000000892. The van der Waals surface area contributed by atoms with Crippen LogP contribution in [0.3, 0.4) is 0 Å². The number of aromatic amines is 1. The van der Waals surface area contributed by atoms with Crippen LogP contribution in [0.4, 0.5) is 11.4 Å². The van der Waals surface area contributed by atoms with Gasteiger partial charge in [-0.05, 0) is 43.4 Å². The Morgan fingerprint density at radius 2 is 1.57 bits per heavy atom. The first kappa shape index (κ1) is 35.8. The molecule has 1 aliphatic heterocycles. The first-order chi connectivity index (χ1) is 21.3. The molecule has 4 aromatic rings. The summed E-state index contributed by atoms with van der Waals surface area (Å²) >= 11 is 0. The molecule has 2 heterocycles. The average molecular weight is 656 g/mol. The van der Waals surface area contributed by atoms with Gasteiger partial charge in [0.25, 0.3) is 0 Å². The minimum absolute atomic E-state index is 0. The van der Waals surface area contributed by atoms with E-state index in [4.69, 9.17) is 27.3 Å². The van der Waals surface area contributed by atoms with Crippen molar-refractivity contribution in [2.45, 2.75) is 0 Å². The lowest BCUT2D eigenvalue weighted by atomic mass is 10.00. The number of aliphatic imine (C=N–C) groups is 1. The Labute approximate surface area is 266 Å². The molecular weight excluding hydrogens is 618 g/mol. The molecule has 246 valence electrons. The minimum Gasteiger partial charge on any atom is -0.494 e. The number of esters is 1. The molecule has 0 spiro atoms. The van der Waals surface area contributed by atoms with Crippen LogP contribution in [0.25, 0.3) is 10.9 Å². The van der Waals surface area contributed by atoms with Gasteiger partial charge in [0.05, 0.1) is 36.2 Å². The normalized spacial score (nSPS) is 14.2. The zero-order valence-corrected chi connectivity index (χ0v) is 26.4. The Hall–Kier alpha value is -4.64. The fraction of sp³-hybridized carbons (Fsp3) is 0.258. The van der Waals surface area contributed by atoms with Gasteiger partial charge in [-0.15, -0.1) is 0 Å². The van der Waals surface area contributed by atoms with E-state index in [1.54, 1.807) is 30.1 Å². The largest absolute Gasteiger partial charge is 0.494 e. The second-order valence-corrected chi connectivity index (χ2v) is 11.3. The van der Waals surface area contributed by atoms with Gasteiger partial charge in [0, 0.05) is 55.4 Å². The Bertz CT molecular complexity index is 1780. The summed E-state index contributed by atoms with van der Waals surface area (Å²) in [6.45, 7) is 4.09. The number of amides is 1. The molecule has 0 unspecified atom stereocenters. The third-order valence-corrected chi connectivity index (χ3v) is 7.29. The lowest BCUT2D eigenvalue weighted by Gasteiger charge is -2.32. The number of ether oxygens (including phenoxy) is 1. The third-order valence-electron chi connectivity index (χ3n) is 7.29. The zero-order valence-electron chi connectivity index (χ0n) is 25.5. The number of carbonyl (C=O) groups is 2. The molecule has 3 aromatic carbocycles. The van der Waals surface area contributed by atoms with E-state index in [-0.39, 0.29) is 17.3 Å². The molecule has 1 fully saturated rings. The summed E-state index contributed by atoms with van der Waals surface area (Å²) in [5, 5.41) is 11.7. The monoisotopic (exact) mass is 655 g/mol. The van der Waals surface area contributed by atoms with Gasteiger partial charge in [-0.3, -0.25) is 18.8 Å². The second kappa shape index (κ2) is 15.6. The number of likely N-dealkylation sites (N-methyl/N-ethyl adjacent to an activating group) is 2. The van der Waals surface area contributed by atoms with Gasteiger partial charge in [-0.25, -0.2) is 9.79 Å². The number of rotatable bonds is 7. The number of methoxy groups -OCH3 is 1. The van der Waals surface area contributed by atoms with Crippen molar-refractivity contribution in [1.29, 1.82) is 0 Å². The summed E-state index contributed by atoms with van der Waals surface area (Å²) in [7, 11) is 0.550. The number of aromatic hydroxyl groups is 1. The SMILES string of the molecule is COC(=O)c1ccc2c(C(=Nc3ccc(N(C)C(=O)CN4CCN(C)CC4)cc3)c3ccccc3)c(O)[nH]c2c1.O.O=S(=O)(O)O. The summed E-state index contributed by atoms with van der Waals surface area (Å²) in [6.07, 6.45) is 0. The van der Waals surface area contributed by atoms with Crippen molar-refractivity contribution in [3.8, 4) is 5.88 Å². The van der Waals surface area contributed by atoms with Crippen LogP contribution in [0.15, 0.2) is 77.8 Å². The van der Waals surface area contributed by atoms with Gasteiger partial charge in [0.15, 0.2) is 5.88 Å². The van der Waals surface area contributed by atoms with Crippen LogP contribution in [-0.2, 0) is 19.9 Å². The number of anilines is 1. The molecule has 6 N–H and O–H groups in total. The van der Waals surface area contributed by atoms with Crippen molar-refractivity contribution >= 4 is 50.3 Å². The van der Waals surface area contributed by atoms with Crippen molar-refractivity contribution in [3.05, 3.63) is 89.5 Å². The molecule has 1 aromatic heterocycles. The molecule has 0 aliphatic carbocycles. The molecule has 5 rings (SSSR count). The van der Waals surface area contributed by atoms with Crippen LogP contribution in [0, 0.1) is 0 Å². The number of fused-ring (bicyclic) bond motifs is 1.